The van der Waals surface area contributed by atoms with E-state index in [-0.39, 0.29) is 11.7 Å². The molecule has 90 valence electrons. The first-order valence-corrected chi connectivity index (χ1v) is 5.92. The van der Waals surface area contributed by atoms with Crippen LogP contribution < -0.4 is 0 Å². The van der Waals surface area contributed by atoms with E-state index in [2.05, 4.69) is 13.8 Å². The van der Waals surface area contributed by atoms with Crippen molar-refractivity contribution in [1.82, 2.24) is 4.90 Å². The van der Waals surface area contributed by atoms with Crippen molar-refractivity contribution < 1.29 is 9.53 Å². The molecule has 1 heterocycles. The van der Waals surface area contributed by atoms with Gasteiger partial charge in [0.15, 0.2) is 0 Å². The zero-order valence-electron chi connectivity index (χ0n) is 11.0. The molecule has 0 bridgehead atoms. The Balaban J connectivity index is 0.000000921. The quantitative estimate of drug-likeness (QED) is 0.723. The highest BCUT2D eigenvalue weighted by molar-refractivity contribution is 5.70. The Hall–Kier alpha value is -0.730. The van der Waals surface area contributed by atoms with Gasteiger partial charge in [0.2, 0.25) is 0 Å². The maximum Gasteiger partial charge on any atom is 0.410 e. The fraction of sp³-hybridized carbons (Fsp3) is 0.917. The minimum atomic E-state index is -0.301. The van der Waals surface area contributed by atoms with Gasteiger partial charge in [-0.3, -0.25) is 0 Å². The molecule has 3 nitrogen and oxygen atoms in total. The van der Waals surface area contributed by atoms with Crippen LogP contribution in [0.1, 0.15) is 48.0 Å². The summed E-state index contributed by atoms with van der Waals surface area (Å²) in [6, 6.07) is 0. The number of amides is 1. The second-order valence-electron chi connectivity index (χ2n) is 4.52. The number of rotatable bonds is 3. The lowest BCUT2D eigenvalue weighted by molar-refractivity contribution is 0.0857. The summed E-state index contributed by atoms with van der Waals surface area (Å²) in [4.78, 5) is 13.1. The minimum Gasteiger partial charge on any atom is -0.441 e. The summed E-state index contributed by atoms with van der Waals surface area (Å²) in [5.74, 6) is 0.557. The second kappa shape index (κ2) is 5.99. The maximum atomic E-state index is 11.3. The minimum absolute atomic E-state index is 0.162. The highest BCUT2D eigenvalue weighted by Gasteiger charge is 2.37. The van der Waals surface area contributed by atoms with E-state index in [0.29, 0.717) is 5.92 Å². The Labute approximate surface area is 93.8 Å². The molecule has 1 saturated heterocycles. The molecule has 0 saturated carbocycles. The summed E-state index contributed by atoms with van der Waals surface area (Å²) in [5.41, 5.74) is -0.301. The van der Waals surface area contributed by atoms with Crippen LogP contribution >= 0.6 is 0 Å². The Morgan fingerprint density at radius 2 is 2.00 bits per heavy atom. The fourth-order valence-corrected chi connectivity index (χ4v) is 1.50. The van der Waals surface area contributed by atoms with E-state index in [1.807, 2.05) is 27.7 Å². The number of cyclic esters (lactones) is 1. The Bertz CT molecular complexity index is 202. The van der Waals surface area contributed by atoms with Gasteiger partial charge in [-0.15, -0.1) is 0 Å². The van der Waals surface area contributed by atoms with E-state index >= 15 is 0 Å². The molecule has 1 aliphatic heterocycles. The molecule has 3 heteroatoms. The molecule has 0 spiro atoms. The lowest BCUT2D eigenvalue weighted by atomic mass is 10.1. The van der Waals surface area contributed by atoms with E-state index in [1.54, 1.807) is 4.90 Å². The van der Waals surface area contributed by atoms with Crippen LogP contribution in [0.25, 0.3) is 0 Å². The smallest absolute Gasteiger partial charge is 0.410 e. The van der Waals surface area contributed by atoms with Gasteiger partial charge in [0.1, 0.15) is 5.60 Å². The molecule has 1 atom stereocenters. The van der Waals surface area contributed by atoms with Crippen LogP contribution in [0.3, 0.4) is 0 Å². The van der Waals surface area contributed by atoms with Gasteiger partial charge in [0.05, 0.1) is 6.54 Å². The second-order valence-corrected chi connectivity index (χ2v) is 4.52. The molecule has 0 aliphatic carbocycles. The van der Waals surface area contributed by atoms with Crippen LogP contribution in [0.4, 0.5) is 4.79 Å². The average Bonchev–Trinajstić information content (AvgIpc) is 2.43. The highest BCUT2D eigenvalue weighted by atomic mass is 16.6. The van der Waals surface area contributed by atoms with Crippen LogP contribution in [0.2, 0.25) is 0 Å². The van der Waals surface area contributed by atoms with Crippen molar-refractivity contribution >= 4 is 6.09 Å². The fourth-order valence-electron chi connectivity index (χ4n) is 1.50. The summed E-state index contributed by atoms with van der Waals surface area (Å²) >= 11 is 0. The van der Waals surface area contributed by atoms with E-state index < -0.39 is 0 Å². The van der Waals surface area contributed by atoms with Crippen molar-refractivity contribution in [2.45, 2.75) is 53.6 Å². The number of nitrogens with zero attached hydrogens (tertiary/aromatic N) is 1. The van der Waals surface area contributed by atoms with Crippen LogP contribution in [0, 0.1) is 5.92 Å². The maximum absolute atomic E-state index is 11.3. The number of hydrogen-bond donors (Lipinski definition) is 0. The van der Waals surface area contributed by atoms with Crippen molar-refractivity contribution in [3.63, 3.8) is 0 Å². The van der Waals surface area contributed by atoms with Crippen LogP contribution in [-0.2, 0) is 4.74 Å². The summed E-state index contributed by atoms with van der Waals surface area (Å²) in [6.07, 6.45) is 0.940. The molecule has 0 N–H and O–H groups in total. The molecular weight excluding hydrogens is 190 g/mol. The number of carbonyl (C=O) groups is 1. The summed E-state index contributed by atoms with van der Waals surface area (Å²) in [5, 5.41) is 0. The van der Waals surface area contributed by atoms with E-state index in [4.69, 9.17) is 4.74 Å². The first-order chi connectivity index (χ1) is 6.94. The normalized spacial score (nSPS) is 20.4. The first kappa shape index (κ1) is 14.3. The van der Waals surface area contributed by atoms with Crippen molar-refractivity contribution in [2.75, 3.05) is 13.1 Å². The summed E-state index contributed by atoms with van der Waals surface area (Å²) in [6.45, 7) is 13.7. The standard InChI is InChI=1S/C10H19NO2.C2H6/c1-5-8(2)6-11-7-10(3,4)13-9(11)12;1-2/h8H,5-7H2,1-4H3;1-2H3/t8-;/m0./s1. The van der Waals surface area contributed by atoms with Crippen molar-refractivity contribution in [3.05, 3.63) is 0 Å². The molecule has 0 aromatic heterocycles. The molecule has 0 radical (unpaired) electrons. The monoisotopic (exact) mass is 215 g/mol. The van der Waals surface area contributed by atoms with E-state index in [1.165, 1.54) is 0 Å². The lowest BCUT2D eigenvalue weighted by Gasteiger charge is -2.18. The van der Waals surface area contributed by atoms with Gasteiger partial charge >= 0.3 is 6.09 Å². The van der Waals surface area contributed by atoms with Crippen molar-refractivity contribution in [2.24, 2.45) is 5.92 Å². The molecule has 1 amide bonds. The summed E-state index contributed by atoms with van der Waals surface area (Å²) < 4.78 is 5.19. The zero-order chi connectivity index (χ0) is 12.1. The third kappa shape index (κ3) is 4.54. The molecule has 0 unspecified atom stereocenters. The van der Waals surface area contributed by atoms with Gasteiger partial charge in [0.25, 0.3) is 0 Å². The third-order valence-electron chi connectivity index (χ3n) is 2.42. The average molecular weight is 215 g/mol. The predicted molar refractivity (Wildman–Crippen MR) is 62.9 cm³/mol. The predicted octanol–water partition coefficient (Wildman–Crippen LogP) is 3.29. The third-order valence-corrected chi connectivity index (χ3v) is 2.42. The molecular formula is C12H25NO2. The van der Waals surface area contributed by atoms with Gasteiger partial charge < -0.3 is 9.64 Å². The SMILES string of the molecule is CC.CC[C@H](C)CN1CC(C)(C)OC1=O. The lowest BCUT2D eigenvalue weighted by Crippen LogP contribution is -2.31. The molecule has 1 aliphatic rings. The van der Waals surface area contributed by atoms with Gasteiger partial charge in [0, 0.05) is 6.54 Å². The van der Waals surface area contributed by atoms with Crippen LogP contribution in [0.5, 0.6) is 0 Å². The topological polar surface area (TPSA) is 29.5 Å². The zero-order valence-corrected chi connectivity index (χ0v) is 11.0. The van der Waals surface area contributed by atoms with Gasteiger partial charge in [-0.2, -0.15) is 0 Å². The van der Waals surface area contributed by atoms with E-state index in [9.17, 15) is 4.79 Å². The molecule has 1 fully saturated rings. The van der Waals surface area contributed by atoms with Gasteiger partial charge in [-0.1, -0.05) is 34.1 Å². The largest absolute Gasteiger partial charge is 0.441 e. The van der Waals surface area contributed by atoms with Gasteiger partial charge in [-0.05, 0) is 19.8 Å². The van der Waals surface area contributed by atoms with Crippen LogP contribution in [-0.4, -0.2) is 29.7 Å². The molecule has 15 heavy (non-hydrogen) atoms. The Kier molecular flexibility index (Phi) is 5.69. The van der Waals surface area contributed by atoms with Gasteiger partial charge in [-0.25, -0.2) is 4.79 Å². The molecule has 0 aromatic carbocycles. The molecule has 1 rings (SSSR count). The van der Waals surface area contributed by atoms with Crippen molar-refractivity contribution in [3.8, 4) is 0 Å². The molecule has 0 aromatic rings. The van der Waals surface area contributed by atoms with Crippen LogP contribution in [0.15, 0.2) is 0 Å². The number of carbonyl (C=O) groups excluding carboxylic acids is 1. The summed E-state index contributed by atoms with van der Waals surface area (Å²) in [7, 11) is 0. The number of hydrogen-bond acceptors (Lipinski definition) is 2. The van der Waals surface area contributed by atoms with Crippen molar-refractivity contribution in [1.29, 1.82) is 0 Å². The number of ether oxygens (including phenoxy) is 1. The highest BCUT2D eigenvalue weighted by Crippen LogP contribution is 2.22. The first-order valence-electron chi connectivity index (χ1n) is 5.92. The Morgan fingerprint density at radius 1 is 1.47 bits per heavy atom. The van der Waals surface area contributed by atoms with E-state index in [0.717, 1.165) is 19.5 Å². The Morgan fingerprint density at radius 3 is 2.33 bits per heavy atom.